The van der Waals surface area contributed by atoms with Gasteiger partial charge in [-0.25, -0.2) is 13.8 Å². The third kappa shape index (κ3) is 4.24. The zero-order valence-corrected chi connectivity index (χ0v) is 16.2. The lowest BCUT2D eigenvalue weighted by atomic mass is 9.83. The minimum atomic E-state index is -0.799. The van der Waals surface area contributed by atoms with Crippen molar-refractivity contribution in [1.29, 1.82) is 0 Å². The van der Waals surface area contributed by atoms with E-state index in [0.717, 1.165) is 38.4 Å². The van der Waals surface area contributed by atoms with E-state index in [1.54, 1.807) is 23.1 Å². The van der Waals surface area contributed by atoms with Gasteiger partial charge in [0.15, 0.2) is 17.3 Å². The summed E-state index contributed by atoms with van der Waals surface area (Å²) in [6.07, 6.45) is 4.43. The fourth-order valence-corrected chi connectivity index (χ4v) is 4.56. The van der Waals surface area contributed by atoms with Crippen molar-refractivity contribution in [1.82, 2.24) is 14.8 Å². The van der Waals surface area contributed by atoms with Gasteiger partial charge in [0.05, 0.1) is 0 Å². The highest BCUT2D eigenvalue weighted by Gasteiger charge is 2.35. The number of aromatic nitrogens is 1. The maximum absolute atomic E-state index is 13.9. The first-order valence-corrected chi connectivity index (χ1v) is 10.1. The molecular formula is C22H25F2N3O2. The topological polar surface area (TPSA) is 56.7 Å². The number of rotatable bonds is 4. The molecule has 2 aliphatic rings. The first kappa shape index (κ1) is 19.8. The van der Waals surface area contributed by atoms with Gasteiger partial charge in [0.25, 0.3) is 5.91 Å². The second-order valence-electron chi connectivity index (χ2n) is 8.00. The van der Waals surface area contributed by atoms with Gasteiger partial charge in [-0.05, 0) is 62.4 Å². The molecule has 154 valence electrons. The van der Waals surface area contributed by atoms with E-state index in [2.05, 4.69) is 9.88 Å². The monoisotopic (exact) mass is 401 g/mol. The molecule has 7 heteroatoms. The lowest BCUT2D eigenvalue weighted by Gasteiger charge is -2.35. The number of aromatic hydroxyl groups is 1. The van der Waals surface area contributed by atoms with Gasteiger partial charge in [-0.1, -0.05) is 12.1 Å². The van der Waals surface area contributed by atoms with Crippen LogP contribution in [0.25, 0.3) is 0 Å². The fraction of sp³-hybridized carbons (Fsp3) is 0.455. The molecule has 1 aromatic heterocycles. The van der Waals surface area contributed by atoms with Crippen LogP contribution in [0.2, 0.25) is 0 Å². The van der Waals surface area contributed by atoms with Gasteiger partial charge in [0.2, 0.25) is 0 Å². The van der Waals surface area contributed by atoms with Crippen LogP contribution in [0.3, 0.4) is 0 Å². The van der Waals surface area contributed by atoms with Crippen molar-refractivity contribution in [3.63, 3.8) is 0 Å². The number of hydrogen-bond donors (Lipinski definition) is 1. The van der Waals surface area contributed by atoms with Crippen molar-refractivity contribution in [3.8, 4) is 5.75 Å². The highest BCUT2D eigenvalue weighted by atomic mass is 19.2. The molecule has 2 fully saturated rings. The molecule has 4 rings (SSSR count). The molecule has 1 amide bonds. The second-order valence-corrected chi connectivity index (χ2v) is 8.00. The molecule has 0 bridgehead atoms. The number of likely N-dealkylation sites (tertiary alicyclic amines) is 2. The highest BCUT2D eigenvalue weighted by molar-refractivity contribution is 5.94. The Labute approximate surface area is 169 Å². The fourth-order valence-electron chi connectivity index (χ4n) is 4.56. The van der Waals surface area contributed by atoms with Crippen LogP contribution >= 0.6 is 0 Å². The number of benzene rings is 1. The Morgan fingerprint density at radius 3 is 2.59 bits per heavy atom. The molecule has 0 unspecified atom stereocenters. The van der Waals surface area contributed by atoms with Crippen LogP contribution in [0.5, 0.6) is 5.75 Å². The first-order valence-electron chi connectivity index (χ1n) is 10.1. The number of carbonyl (C=O) groups excluding carboxylic acids is 1. The minimum absolute atomic E-state index is 0.0844. The van der Waals surface area contributed by atoms with Gasteiger partial charge in [-0.3, -0.25) is 9.69 Å². The molecule has 2 aromatic rings. The van der Waals surface area contributed by atoms with Crippen molar-refractivity contribution in [2.75, 3.05) is 26.2 Å². The molecule has 2 saturated heterocycles. The van der Waals surface area contributed by atoms with E-state index in [4.69, 9.17) is 0 Å². The van der Waals surface area contributed by atoms with E-state index in [1.165, 1.54) is 12.3 Å². The maximum Gasteiger partial charge on any atom is 0.276 e. The molecule has 1 aromatic carbocycles. The van der Waals surface area contributed by atoms with Crippen molar-refractivity contribution in [2.24, 2.45) is 11.8 Å². The summed E-state index contributed by atoms with van der Waals surface area (Å²) in [4.78, 5) is 20.6. The molecule has 1 N–H and O–H groups in total. The maximum atomic E-state index is 13.9. The summed E-state index contributed by atoms with van der Waals surface area (Å²) in [5.41, 5.74) is 0.511. The number of piperidine rings is 1. The summed E-state index contributed by atoms with van der Waals surface area (Å²) in [6.45, 7) is 3.45. The Hall–Kier alpha value is -2.54. The molecular weight excluding hydrogens is 376 g/mol. The van der Waals surface area contributed by atoms with E-state index in [1.807, 2.05) is 0 Å². The predicted molar refractivity (Wildman–Crippen MR) is 104 cm³/mol. The Morgan fingerprint density at radius 1 is 1.07 bits per heavy atom. The van der Waals surface area contributed by atoms with Gasteiger partial charge < -0.3 is 10.0 Å². The number of amides is 1. The SMILES string of the molecule is O=C(c1ncccc1O)N1CC[C@H](C2CCN(Cc3cccc(F)c3F)CC2)C1. The molecule has 0 aliphatic carbocycles. The third-order valence-electron chi connectivity index (χ3n) is 6.23. The molecule has 3 heterocycles. The number of pyridine rings is 1. The van der Waals surface area contributed by atoms with Gasteiger partial charge in [0.1, 0.15) is 5.75 Å². The van der Waals surface area contributed by atoms with Gasteiger partial charge in [-0.15, -0.1) is 0 Å². The van der Waals surface area contributed by atoms with Crippen molar-refractivity contribution < 1.29 is 18.7 Å². The number of hydrogen-bond acceptors (Lipinski definition) is 4. The van der Waals surface area contributed by atoms with Crippen LogP contribution in [0.1, 0.15) is 35.3 Å². The van der Waals surface area contributed by atoms with Crippen molar-refractivity contribution in [2.45, 2.75) is 25.8 Å². The normalized spacial score (nSPS) is 20.9. The standard InChI is InChI=1S/C22H25F2N3O2/c23-18-4-1-3-17(20(18)24)13-26-10-6-15(7-11-26)16-8-12-27(14-16)22(29)21-19(28)5-2-9-25-21/h1-5,9,15-16,28H,6-8,10-14H2/t16-/m0/s1. The Bertz CT molecular complexity index is 884. The van der Waals surface area contributed by atoms with E-state index >= 15 is 0 Å². The quantitative estimate of drug-likeness (QED) is 0.853. The molecule has 2 aliphatic heterocycles. The summed E-state index contributed by atoms with van der Waals surface area (Å²) in [5.74, 6) is -0.913. The molecule has 29 heavy (non-hydrogen) atoms. The third-order valence-corrected chi connectivity index (χ3v) is 6.23. The van der Waals surface area contributed by atoms with Gasteiger partial charge in [0, 0.05) is 31.4 Å². The minimum Gasteiger partial charge on any atom is -0.505 e. The summed E-state index contributed by atoms with van der Waals surface area (Å²) >= 11 is 0. The average molecular weight is 401 g/mol. The van der Waals surface area contributed by atoms with Crippen LogP contribution in [-0.2, 0) is 6.54 Å². The zero-order valence-electron chi connectivity index (χ0n) is 16.2. The smallest absolute Gasteiger partial charge is 0.276 e. The van der Waals surface area contributed by atoms with E-state index in [0.29, 0.717) is 37.0 Å². The molecule has 1 atom stereocenters. The van der Waals surface area contributed by atoms with Crippen LogP contribution in [0, 0.1) is 23.5 Å². The molecule has 0 spiro atoms. The van der Waals surface area contributed by atoms with Crippen LogP contribution in [0.4, 0.5) is 8.78 Å². The Kier molecular flexibility index (Phi) is 5.76. The average Bonchev–Trinajstić information content (AvgIpc) is 3.22. The number of nitrogens with zero attached hydrogens (tertiary/aromatic N) is 3. The predicted octanol–water partition coefficient (Wildman–Crippen LogP) is 3.44. The Balaban J connectivity index is 1.30. The van der Waals surface area contributed by atoms with Crippen LogP contribution in [0.15, 0.2) is 36.5 Å². The molecule has 5 nitrogen and oxygen atoms in total. The largest absolute Gasteiger partial charge is 0.505 e. The summed E-state index contributed by atoms with van der Waals surface area (Å²) < 4.78 is 27.3. The first-order chi connectivity index (χ1) is 14.0. The van der Waals surface area contributed by atoms with E-state index in [-0.39, 0.29) is 17.4 Å². The second kappa shape index (κ2) is 8.45. The zero-order chi connectivity index (χ0) is 20.4. The van der Waals surface area contributed by atoms with E-state index < -0.39 is 11.6 Å². The van der Waals surface area contributed by atoms with Crippen LogP contribution in [-0.4, -0.2) is 52.0 Å². The highest BCUT2D eigenvalue weighted by Crippen LogP contribution is 2.33. The summed E-state index contributed by atoms with van der Waals surface area (Å²) in [7, 11) is 0. The Morgan fingerprint density at radius 2 is 1.83 bits per heavy atom. The summed E-state index contributed by atoms with van der Waals surface area (Å²) in [5, 5.41) is 9.88. The molecule has 0 radical (unpaired) electrons. The number of carbonyl (C=O) groups is 1. The number of halogens is 2. The van der Waals surface area contributed by atoms with E-state index in [9.17, 15) is 18.7 Å². The summed E-state index contributed by atoms with van der Waals surface area (Å²) in [6, 6.07) is 7.40. The van der Waals surface area contributed by atoms with Gasteiger partial charge >= 0.3 is 0 Å². The lowest BCUT2D eigenvalue weighted by molar-refractivity contribution is 0.0763. The van der Waals surface area contributed by atoms with Gasteiger partial charge in [-0.2, -0.15) is 0 Å². The van der Waals surface area contributed by atoms with Crippen molar-refractivity contribution in [3.05, 3.63) is 59.4 Å². The molecule has 0 saturated carbocycles. The van der Waals surface area contributed by atoms with Crippen LogP contribution < -0.4 is 0 Å². The lowest BCUT2D eigenvalue weighted by Crippen LogP contribution is -2.37. The van der Waals surface area contributed by atoms with Crippen molar-refractivity contribution >= 4 is 5.91 Å².